The molecule has 0 N–H and O–H groups in total. The molecule has 1 amide bonds. The standard InChI is InChI=1S/C25H25N3O2/c29-25(28-18-16-27(17-19-28)23-7-2-1-3-8-23)14-11-21-9-12-24(13-10-21)30-20-22-6-4-5-15-26-22/h1-15H,16-20H2/b14-11+. The SMILES string of the molecule is O=C(/C=C/c1ccc(OCc2ccccn2)cc1)N1CCN(c2ccccc2)CC1. The van der Waals surface area contributed by atoms with E-state index >= 15 is 0 Å². The monoisotopic (exact) mass is 399 g/mol. The zero-order valence-corrected chi connectivity index (χ0v) is 16.9. The van der Waals surface area contributed by atoms with Crippen molar-refractivity contribution in [2.75, 3.05) is 31.1 Å². The first-order valence-corrected chi connectivity index (χ1v) is 10.2. The third-order valence-electron chi connectivity index (χ3n) is 5.12. The normalized spacial score (nSPS) is 14.1. The predicted molar refractivity (Wildman–Crippen MR) is 119 cm³/mol. The highest BCUT2D eigenvalue weighted by Crippen LogP contribution is 2.17. The number of pyridine rings is 1. The van der Waals surface area contributed by atoms with Crippen LogP contribution >= 0.6 is 0 Å². The molecule has 1 saturated heterocycles. The van der Waals surface area contributed by atoms with E-state index in [-0.39, 0.29) is 5.91 Å². The molecule has 1 aliphatic rings. The van der Waals surface area contributed by atoms with Crippen LogP contribution < -0.4 is 9.64 Å². The molecule has 0 radical (unpaired) electrons. The maximum atomic E-state index is 12.5. The largest absolute Gasteiger partial charge is 0.487 e. The zero-order chi connectivity index (χ0) is 20.6. The molecule has 2 aromatic carbocycles. The minimum Gasteiger partial charge on any atom is -0.487 e. The van der Waals surface area contributed by atoms with Gasteiger partial charge in [0.15, 0.2) is 0 Å². The lowest BCUT2D eigenvalue weighted by Gasteiger charge is -2.35. The summed E-state index contributed by atoms with van der Waals surface area (Å²) < 4.78 is 5.75. The lowest BCUT2D eigenvalue weighted by atomic mass is 10.2. The van der Waals surface area contributed by atoms with Gasteiger partial charge < -0.3 is 14.5 Å². The molecule has 0 bridgehead atoms. The van der Waals surface area contributed by atoms with E-state index < -0.39 is 0 Å². The molecule has 4 rings (SSSR count). The first-order chi connectivity index (χ1) is 14.8. The zero-order valence-electron chi connectivity index (χ0n) is 16.9. The smallest absolute Gasteiger partial charge is 0.246 e. The Labute approximate surface area is 177 Å². The fraction of sp³-hybridized carbons (Fsp3) is 0.200. The van der Waals surface area contributed by atoms with Gasteiger partial charge in [0.2, 0.25) is 5.91 Å². The molecule has 152 valence electrons. The van der Waals surface area contributed by atoms with E-state index in [1.807, 2.05) is 71.6 Å². The molecular formula is C25H25N3O2. The number of aromatic nitrogens is 1. The summed E-state index contributed by atoms with van der Waals surface area (Å²) in [5.41, 5.74) is 3.07. The second-order valence-corrected chi connectivity index (χ2v) is 7.16. The molecule has 0 atom stereocenters. The van der Waals surface area contributed by atoms with Crippen LogP contribution in [-0.2, 0) is 11.4 Å². The molecule has 1 aromatic heterocycles. The van der Waals surface area contributed by atoms with Gasteiger partial charge in [0.05, 0.1) is 5.69 Å². The molecule has 2 heterocycles. The number of piperazine rings is 1. The summed E-state index contributed by atoms with van der Waals surface area (Å²) in [7, 11) is 0. The highest BCUT2D eigenvalue weighted by Gasteiger charge is 2.19. The summed E-state index contributed by atoms with van der Waals surface area (Å²) in [6, 6.07) is 23.8. The number of rotatable bonds is 6. The molecule has 30 heavy (non-hydrogen) atoms. The first-order valence-electron chi connectivity index (χ1n) is 10.2. The number of ether oxygens (including phenoxy) is 1. The van der Waals surface area contributed by atoms with Crippen LogP contribution in [0.15, 0.2) is 85.1 Å². The number of hydrogen-bond acceptors (Lipinski definition) is 4. The van der Waals surface area contributed by atoms with Gasteiger partial charge in [0, 0.05) is 44.1 Å². The van der Waals surface area contributed by atoms with Crippen LogP contribution in [-0.4, -0.2) is 42.0 Å². The van der Waals surface area contributed by atoms with Gasteiger partial charge in [-0.1, -0.05) is 36.4 Å². The fourth-order valence-corrected chi connectivity index (χ4v) is 3.41. The van der Waals surface area contributed by atoms with E-state index in [4.69, 9.17) is 4.74 Å². The average Bonchev–Trinajstić information content (AvgIpc) is 2.83. The number of hydrogen-bond donors (Lipinski definition) is 0. The van der Waals surface area contributed by atoms with E-state index in [1.165, 1.54) is 5.69 Å². The topological polar surface area (TPSA) is 45.7 Å². The first kappa shape index (κ1) is 19.7. The Morgan fingerprint density at radius 3 is 2.33 bits per heavy atom. The van der Waals surface area contributed by atoms with Crippen LogP contribution in [0.4, 0.5) is 5.69 Å². The lowest BCUT2D eigenvalue weighted by molar-refractivity contribution is -0.126. The van der Waals surface area contributed by atoms with Crippen molar-refractivity contribution in [3.8, 4) is 5.75 Å². The van der Waals surface area contributed by atoms with Gasteiger partial charge in [0.25, 0.3) is 0 Å². The molecule has 0 unspecified atom stereocenters. The Bertz CT molecular complexity index is 964. The van der Waals surface area contributed by atoms with Gasteiger partial charge in [-0.05, 0) is 48.0 Å². The summed E-state index contributed by atoms with van der Waals surface area (Å²) in [6.45, 7) is 3.61. The van der Waals surface area contributed by atoms with Crippen LogP contribution in [0.2, 0.25) is 0 Å². The molecule has 0 saturated carbocycles. The number of benzene rings is 2. The van der Waals surface area contributed by atoms with Gasteiger partial charge in [-0.2, -0.15) is 0 Å². The van der Waals surface area contributed by atoms with Crippen LogP contribution in [0.1, 0.15) is 11.3 Å². The molecule has 5 nitrogen and oxygen atoms in total. The van der Waals surface area contributed by atoms with Gasteiger partial charge in [-0.15, -0.1) is 0 Å². The van der Waals surface area contributed by atoms with Crippen LogP contribution in [0.25, 0.3) is 6.08 Å². The van der Waals surface area contributed by atoms with Crippen molar-refractivity contribution in [1.82, 2.24) is 9.88 Å². The van der Waals surface area contributed by atoms with Crippen molar-refractivity contribution in [2.24, 2.45) is 0 Å². The summed E-state index contributed by atoms with van der Waals surface area (Å²) in [4.78, 5) is 21.0. The Hall–Kier alpha value is -3.60. The molecule has 5 heteroatoms. The molecule has 0 spiro atoms. The van der Waals surface area contributed by atoms with E-state index in [2.05, 4.69) is 22.0 Å². The van der Waals surface area contributed by atoms with Crippen molar-refractivity contribution in [1.29, 1.82) is 0 Å². The van der Waals surface area contributed by atoms with E-state index in [0.29, 0.717) is 6.61 Å². The van der Waals surface area contributed by atoms with E-state index in [1.54, 1.807) is 12.3 Å². The number of carbonyl (C=O) groups excluding carboxylic acids is 1. The van der Waals surface area contributed by atoms with Crippen molar-refractivity contribution in [3.05, 3.63) is 96.3 Å². The van der Waals surface area contributed by atoms with Crippen LogP contribution in [0, 0.1) is 0 Å². The minimum atomic E-state index is 0.0539. The molecule has 1 aliphatic heterocycles. The van der Waals surface area contributed by atoms with Gasteiger partial charge in [-0.3, -0.25) is 9.78 Å². The Morgan fingerprint density at radius 2 is 1.63 bits per heavy atom. The molecule has 0 aliphatic carbocycles. The van der Waals surface area contributed by atoms with Crippen molar-refractivity contribution >= 4 is 17.7 Å². The minimum absolute atomic E-state index is 0.0539. The summed E-state index contributed by atoms with van der Waals surface area (Å²) in [6.07, 6.45) is 5.27. The number of nitrogens with zero attached hydrogens (tertiary/aromatic N) is 3. The third-order valence-corrected chi connectivity index (χ3v) is 5.12. The number of para-hydroxylation sites is 1. The van der Waals surface area contributed by atoms with E-state index in [0.717, 1.165) is 43.2 Å². The molecule has 1 fully saturated rings. The fourth-order valence-electron chi connectivity index (χ4n) is 3.41. The molecular weight excluding hydrogens is 374 g/mol. The predicted octanol–water partition coefficient (Wildman–Crippen LogP) is 4.02. The van der Waals surface area contributed by atoms with Crippen molar-refractivity contribution in [2.45, 2.75) is 6.61 Å². The summed E-state index contributed by atoms with van der Waals surface area (Å²) >= 11 is 0. The van der Waals surface area contributed by atoms with Gasteiger partial charge in [0.1, 0.15) is 12.4 Å². The quantitative estimate of drug-likeness (QED) is 0.588. The Kier molecular flexibility index (Phi) is 6.40. The van der Waals surface area contributed by atoms with Gasteiger partial charge in [-0.25, -0.2) is 0 Å². The van der Waals surface area contributed by atoms with Crippen molar-refractivity contribution in [3.63, 3.8) is 0 Å². The summed E-state index contributed by atoms with van der Waals surface area (Å²) in [5, 5.41) is 0. The maximum absolute atomic E-state index is 12.5. The average molecular weight is 399 g/mol. The Balaban J connectivity index is 1.26. The van der Waals surface area contributed by atoms with E-state index in [9.17, 15) is 4.79 Å². The number of anilines is 1. The Morgan fingerprint density at radius 1 is 0.900 bits per heavy atom. The highest BCUT2D eigenvalue weighted by molar-refractivity contribution is 5.92. The maximum Gasteiger partial charge on any atom is 0.246 e. The lowest BCUT2D eigenvalue weighted by Crippen LogP contribution is -2.48. The van der Waals surface area contributed by atoms with Crippen molar-refractivity contribution < 1.29 is 9.53 Å². The molecule has 3 aromatic rings. The number of amides is 1. The van der Waals surface area contributed by atoms with Crippen LogP contribution in [0.5, 0.6) is 5.75 Å². The number of carbonyl (C=O) groups is 1. The second kappa shape index (κ2) is 9.74. The second-order valence-electron chi connectivity index (χ2n) is 7.16. The van der Waals surface area contributed by atoms with Crippen LogP contribution in [0.3, 0.4) is 0 Å². The third kappa shape index (κ3) is 5.26. The summed E-state index contributed by atoms with van der Waals surface area (Å²) in [5.74, 6) is 0.833. The van der Waals surface area contributed by atoms with Gasteiger partial charge >= 0.3 is 0 Å². The highest BCUT2D eigenvalue weighted by atomic mass is 16.5.